The molecular formula is C17H22BrNO2. The summed E-state index contributed by atoms with van der Waals surface area (Å²) in [4.78, 5) is 14.5. The van der Waals surface area contributed by atoms with Crippen molar-refractivity contribution in [2.75, 3.05) is 20.7 Å². The van der Waals surface area contributed by atoms with Crippen molar-refractivity contribution in [2.24, 2.45) is 17.8 Å². The van der Waals surface area contributed by atoms with Gasteiger partial charge in [0.2, 0.25) is 0 Å². The molecule has 0 heterocycles. The van der Waals surface area contributed by atoms with Gasteiger partial charge in [0, 0.05) is 18.1 Å². The van der Waals surface area contributed by atoms with Gasteiger partial charge in [0.15, 0.2) is 0 Å². The first-order valence-corrected chi connectivity index (χ1v) is 8.46. The van der Waals surface area contributed by atoms with Crippen LogP contribution >= 0.6 is 15.9 Å². The predicted octanol–water partition coefficient (Wildman–Crippen LogP) is 3.97. The van der Waals surface area contributed by atoms with E-state index >= 15 is 0 Å². The molecule has 2 bridgehead atoms. The molecule has 2 fully saturated rings. The minimum absolute atomic E-state index is 0.0727. The molecule has 2 aliphatic carbocycles. The summed E-state index contributed by atoms with van der Waals surface area (Å²) in [5.41, 5.74) is 0.681. The Morgan fingerprint density at radius 3 is 2.81 bits per heavy atom. The second kappa shape index (κ2) is 5.99. The molecule has 0 N–H and O–H groups in total. The Balaban J connectivity index is 1.69. The molecule has 3 nitrogen and oxygen atoms in total. The summed E-state index contributed by atoms with van der Waals surface area (Å²) in [6.45, 7) is 0.879. The number of fused-ring (bicyclic) bond motifs is 2. The van der Waals surface area contributed by atoms with E-state index in [2.05, 4.69) is 15.9 Å². The van der Waals surface area contributed by atoms with Crippen molar-refractivity contribution < 1.29 is 9.53 Å². The zero-order chi connectivity index (χ0) is 15.0. The van der Waals surface area contributed by atoms with E-state index in [-0.39, 0.29) is 5.91 Å². The molecule has 3 atom stereocenters. The quantitative estimate of drug-likeness (QED) is 0.821. The Morgan fingerprint density at radius 1 is 1.38 bits per heavy atom. The maximum Gasteiger partial charge on any atom is 0.254 e. The van der Waals surface area contributed by atoms with Crippen LogP contribution in [0.5, 0.6) is 5.75 Å². The third-order valence-electron chi connectivity index (χ3n) is 5.14. The van der Waals surface area contributed by atoms with Crippen LogP contribution in [0.25, 0.3) is 0 Å². The number of rotatable bonds is 4. The molecule has 3 unspecified atom stereocenters. The van der Waals surface area contributed by atoms with Gasteiger partial charge in [0.1, 0.15) is 5.75 Å². The lowest BCUT2D eigenvalue weighted by molar-refractivity contribution is 0.0753. The highest BCUT2D eigenvalue weighted by Gasteiger charge is 2.40. The van der Waals surface area contributed by atoms with E-state index in [1.165, 1.54) is 25.7 Å². The Hall–Kier alpha value is -1.03. The van der Waals surface area contributed by atoms with Crippen molar-refractivity contribution in [3.8, 4) is 5.75 Å². The third kappa shape index (κ3) is 2.96. The third-order valence-corrected chi connectivity index (χ3v) is 5.84. The smallest absolute Gasteiger partial charge is 0.254 e. The fourth-order valence-corrected chi connectivity index (χ4v) is 4.45. The molecule has 0 saturated heterocycles. The molecule has 0 spiro atoms. The molecule has 2 saturated carbocycles. The molecule has 21 heavy (non-hydrogen) atoms. The number of carbonyl (C=O) groups is 1. The number of methoxy groups -OCH3 is 1. The monoisotopic (exact) mass is 351 g/mol. The van der Waals surface area contributed by atoms with Crippen LogP contribution in [-0.4, -0.2) is 31.5 Å². The molecule has 3 rings (SSSR count). The van der Waals surface area contributed by atoms with Gasteiger partial charge in [0.25, 0.3) is 5.91 Å². The zero-order valence-electron chi connectivity index (χ0n) is 12.6. The predicted molar refractivity (Wildman–Crippen MR) is 86.6 cm³/mol. The maximum atomic E-state index is 12.7. The number of halogens is 1. The van der Waals surface area contributed by atoms with Crippen LogP contribution in [0.4, 0.5) is 0 Å². The lowest BCUT2D eigenvalue weighted by atomic mass is 9.88. The summed E-state index contributed by atoms with van der Waals surface area (Å²) in [6.07, 6.45) is 5.46. The molecular weight excluding hydrogens is 330 g/mol. The van der Waals surface area contributed by atoms with Crippen LogP contribution in [0.1, 0.15) is 36.0 Å². The van der Waals surface area contributed by atoms with Crippen molar-refractivity contribution in [1.29, 1.82) is 0 Å². The molecule has 1 aromatic rings. The minimum Gasteiger partial charge on any atom is -0.497 e. The first kappa shape index (κ1) is 14.9. The summed E-state index contributed by atoms with van der Waals surface area (Å²) in [7, 11) is 3.54. The maximum absolute atomic E-state index is 12.7. The van der Waals surface area contributed by atoms with Gasteiger partial charge in [-0.2, -0.15) is 0 Å². The summed E-state index contributed by atoms with van der Waals surface area (Å²) >= 11 is 3.47. The topological polar surface area (TPSA) is 29.5 Å². The molecule has 0 radical (unpaired) electrons. The number of hydrogen-bond donors (Lipinski definition) is 0. The first-order valence-electron chi connectivity index (χ1n) is 7.67. The SMILES string of the molecule is COc1ccc(Br)c(C(=O)N(C)CC2CC3CCC2C3)c1. The number of hydrogen-bond acceptors (Lipinski definition) is 2. The van der Waals surface area contributed by atoms with Gasteiger partial charge in [-0.15, -0.1) is 0 Å². The lowest BCUT2D eigenvalue weighted by Crippen LogP contribution is -2.34. The number of amides is 1. The van der Waals surface area contributed by atoms with E-state index in [0.29, 0.717) is 11.5 Å². The normalized spacial score (nSPS) is 26.9. The highest BCUT2D eigenvalue weighted by molar-refractivity contribution is 9.10. The highest BCUT2D eigenvalue weighted by Crippen LogP contribution is 2.48. The van der Waals surface area contributed by atoms with Gasteiger partial charge in [-0.3, -0.25) is 4.79 Å². The molecule has 1 amide bonds. The minimum atomic E-state index is 0.0727. The van der Waals surface area contributed by atoms with Gasteiger partial charge in [-0.25, -0.2) is 0 Å². The summed E-state index contributed by atoms with van der Waals surface area (Å²) in [5, 5.41) is 0. The molecule has 0 aromatic heterocycles. The fraction of sp³-hybridized carbons (Fsp3) is 0.588. The summed E-state index contributed by atoms with van der Waals surface area (Å²) in [6, 6.07) is 5.54. The van der Waals surface area contributed by atoms with Gasteiger partial charge >= 0.3 is 0 Å². The summed E-state index contributed by atoms with van der Waals surface area (Å²) in [5.74, 6) is 3.26. The van der Waals surface area contributed by atoms with Crippen molar-refractivity contribution >= 4 is 21.8 Å². The van der Waals surface area contributed by atoms with Crippen LogP contribution in [-0.2, 0) is 0 Å². The Bertz CT molecular complexity index is 546. The van der Waals surface area contributed by atoms with Crippen LogP contribution in [0, 0.1) is 17.8 Å². The Morgan fingerprint density at radius 2 is 2.19 bits per heavy atom. The van der Waals surface area contributed by atoms with E-state index in [9.17, 15) is 4.79 Å². The highest BCUT2D eigenvalue weighted by atomic mass is 79.9. The molecule has 0 aliphatic heterocycles. The van der Waals surface area contributed by atoms with Gasteiger partial charge in [-0.1, -0.05) is 6.42 Å². The van der Waals surface area contributed by atoms with Crippen molar-refractivity contribution in [2.45, 2.75) is 25.7 Å². The van der Waals surface area contributed by atoms with Gasteiger partial charge in [0.05, 0.1) is 12.7 Å². The van der Waals surface area contributed by atoms with E-state index in [0.717, 1.165) is 28.6 Å². The lowest BCUT2D eigenvalue weighted by Gasteiger charge is -2.27. The molecule has 1 aromatic carbocycles. The second-order valence-corrected chi connectivity index (χ2v) is 7.32. The molecule has 2 aliphatic rings. The van der Waals surface area contributed by atoms with E-state index in [4.69, 9.17) is 4.74 Å². The number of nitrogens with zero attached hydrogens (tertiary/aromatic N) is 1. The van der Waals surface area contributed by atoms with Crippen LogP contribution in [0.15, 0.2) is 22.7 Å². The fourth-order valence-electron chi connectivity index (χ4n) is 4.04. The zero-order valence-corrected chi connectivity index (χ0v) is 14.2. The van der Waals surface area contributed by atoms with Crippen LogP contribution in [0.2, 0.25) is 0 Å². The van der Waals surface area contributed by atoms with Gasteiger partial charge < -0.3 is 9.64 Å². The first-order chi connectivity index (χ1) is 10.1. The average Bonchev–Trinajstić information content (AvgIpc) is 3.09. The number of carbonyl (C=O) groups excluding carboxylic acids is 1. The van der Waals surface area contributed by atoms with E-state index in [1.807, 2.05) is 30.1 Å². The average molecular weight is 352 g/mol. The largest absolute Gasteiger partial charge is 0.497 e. The van der Waals surface area contributed by atoms with E-state index < -0.39 is 0 Å². The van der Waals surface area contributed by atoms with Crippen molar-refractivity contribution in [1.82, 2.24) is 4.90 Å². The van der Waals surface area contributed by atoms with Gasteiger partial charge in [-0.05, 0) is 71.1 Å². The Kier molecular flexibility index (Phi) is 4.25. The molecule has 4 heteroatoms. The standard InChI is InChI=1S/C17H22BrNO2/c1-19(10-13-8-11-3-4-12(13)7-11)17(20)15-9-14(21-2)5-6-16(15)18/h5-6,9,11-13H,3-4,7-8,10H2,1-2H3. The second-order valence-electron chi connectivity index (χ2n) is 6.47. The van der Waals surface area contributed by atoms with Crippen molar-refractivity contribution in [3.05, 3.63) is 28.2 Å². The van der Waals surface area contributed by atoms with E-state index in [1.54, 1.807) is 7.11 Å². The van der Waals surface area contributed by atoms with Crippen molar-refractivity contribution in [3.63, 3.8) is 0 Å². The summed E-state index contributed by atoms with van der Waals surface area (Å²) < 4.78 is 6.05. The van der Waals surface area contributed by atoms with Crippen LogP contribution in [0.3, 0.4) is 0 Å². The molecule has 114 valence electrons. The number of benzene rings is 1. The van der Waals surface area contributed by atoms with Crippen LogP contribution < -0.4 is 4.74 Å². The Labute approximate surface area is 134 Å². The number of ether oxygens (including phenoxy) is 1.